The van der Waals surface area contributed by atoms with Crippen molar-refractivity contribution >= 4 is 56.5 Å². The predicted octanol–water partition coefficient (Wildman–Crippen LogP) is 5.88. The van der Waals surface area contributed by atoms with E-state index in [1.807, 2.05) is 49.4 Å². The lowest BCUT2D eigenvalue weighted by Crippen LogP contribution is -2.29. The SMILES string of the molecule is CCOc1ccc(N=C2S[C@H](C(=O)Nc3cccc4ccccc34)C(N)=C2C(=O)Nc2cccc(OC)c2)cc1. The Hall–Kier alpha value is -4.76. The summed E-state index contributed by atoms with van der Waals surface area (Å²) in [6.07, 6.45) is 0. The monoisotopic (exact) mass is 552 g/mol. The number of benzene rings is 4. The Balaban J connectivity index is 1.47. The van der Waals surface area contributed by atoms with E-state index in [2.05, 4.69) is 10.6 Å². The van der Waals surface area contributed by atoms with Gasteiger partial charge in [0.1, 0.15) is 21.8 Å². The summed E-state index contributed by atoms with van der Waals surface area (Å²) < 4.78 is 10.8. The summed E-state index contributed by atoms with van der Waals surface area (Å²) in [5.74, 6) is 0.492. The van der Waals surface area contributed by atoms with Crippen LogP contribution < -0.4 is 25.8 Å². The van der Waals surface area contributed by atoms with Crippen LogP contribution in [0.1, 0.15) is 6.92 Å². The van der Waals surface area contributed by atoms with Crippen molar-refractivity contribution in [2.75, 3.05) is 24.4 Å². The molecule has 1 heterocycles. The number of methoxy groups -OCH3 is 1. The molecule has 202 valence electrons. The number of rotatable bonds is 8. The Bertz CT molecular complexity index is 1630. The van der Waals surface area contributed by atoms with Gasteiger partial charge in [-0.25, -0.2) is 4.99 Å². The third-order valence-electron chi connectivity index (χ3n) is 6.23. The molecule has 0 saturated carbocycles. The molecule has 2 amide bonds. The maximum Gasteiger partial charge on any atom is 0.260 e. The highest BCUT2D eigenvalue weighted by Crippen LogP contribution is 2.37. The van der Waals surface area contributed by atoms with E-state index in [9.17, 15) is 9.59 Å². The van der Waals surface area contributed by atoms with Crippen molar-refractivity contribution in [3.63, 3.8) is 0 Å². The maximum atomic E-state index is 13.5. The van der Waals surface area contributed by atoms with Crippen LogP contribution in [0.5, 0.6) is 11.5 Å². The number of thioether (sulfide) groups is 1. The van der Waals surface area contributed by atoms with Gasteiger partial charge in [0.05, 0.1) is 25.0 Å². The molecule has 1 aliphatic rings. The zero-order valence-electron chi connectivity index (χ0n) is 22.0. The van der Waals surface area contributed by atoms with Gasteiger partial charge in [-0.3, -0.25) is 9.59 Å². The Kier molecular flexibility index (Phi) is 8.02. The number of aliphatic imine (C=N–C) groups is 1. The molecule has 0 unspecified atom stereocenters. The summed E-state index contributed by atoms with van der Waals surface area (Å²) in [7, 11) is 1.55. The van der Waals surface area contributed by atoms with Gasteiger partial charge in [0.15, 0.2) is 0 Å². The van der Waals surface area contributed by atoms with Crippen LogP contribution in [0.2, 0.25) is 0 Å². The summed E-state index contributed by atoms with van der Waals surface area (Å²) in [6, 6.07) is 27.6. The fraction of sp³-hybridized carbons (Fsp3) is 0.129. The molecule has 0 fully saturated rings. The predicted molar refractivity (Wildman–Crippen MR) is 161 cm³/mol. The molecule has 1 atom stereocenters. The van der Waals surface area contributed by atoms with E-state index in [0.29, 0.717) is 40.2 Å². The maximum absolute atomic E-state index is 13.5. The zero-order valence-corrected chi connectivity index (χ0v) is 22.8. The lowest BCUT2D eigenvalue weighted by molar-refractivity contribution is -0.115. The topological polar surface area (TPSA) is 115 Å². The number of carbonyl (C=O) groups is 2. The zero-order chi connectivity index (χ0) is 28.1. The number of hydrogen-bond donors (Lipinski definition) is 3. The summed E-state index contributed by atoms with van der Waals surface area (Å²) >= 11 is 1.14. The van der Waals surface area contributed by atoms with Crippen LogP contribution in [0.25, 0.3) is 10.8 Å². The molecule has 0 saturated heterocycles. The molecule has 0 aliphatic carbocycles. The van der Waals surface area contributed by atoms with Crippen molar-refractivity contribution < 1.29 is 19.1 Å². The highest BCUT2D eigenvalue weighted by Gasteiger charge is 2.38. The first kappa shape index (κ1) is 26.8. The number of carbonyl (C=O) groups excluding carboxylic acids is 2. The molecule has 0 radical (unpaired) electrons. The smallest absolute Gasteiger partial charge is 0.260 e. The molecule has 4 N–H and O–H groups in total. The highest BCUT2D eigenvalue weighted by atomic mass is 32.2. The summed E-state index contributed by atoms with van der Waals surface area (Å²) in [4.78, 5) is 31.8. The van der Waals surface area contributed by atoms with Crippen LogP contribution in [0.4, 0.5) is 17.1 Å². The fourth-order valence-corrected chi connectivity index (χ4v) is 5.44. The van der Waals surface area contributed by atoms with Crippen molar-refractivity contribution in [2.24, 2.45) is 10.7 Å². The largest absolute Gasteiger partial charge is 0.497 e. The second-order valence-corrected chi connectivity index (χ2v) is 9.97. The molecular formula is C31H28N4O4S. The van der Waals surface area contributed by atoms with E-state index in [0.717, 1.165) is 22.5 Å². The van der Waals surface area contributed by atoms with E-state index in [-0.39, 0.29) is 17.2 Å². The first-order chi connectivity index (χ1) is 19.5. The Morgan fingerprint density at radius 3 is 2.45 bits per heavy atom. The van der Waals surface area contributed by atoms with Crippen molar-refractivity contribution in [3.05, 3.63) is 102 Å². The summed E-state index contributed by atoms with van der Waals surface area (Å²) in [6.45, 7) is 2.46. The van der Waals surface area contributed by atoms with Gasteiger partial charge in [0, 0.05) is 28.5 Å². The highest BCUT2D eigenvalue weighted by molar-refractivity contribution is 8.16. The Morgan fingerprint density at radius 1 is 0.925 bits per heavy atom. The van der Waals surface area contributed by atoms with Crippen molar-refractivity contribution in [2.45, 2.75) is 12.2 Å². The molecule has 4 aromatic carbocycles. The van der Waals surface area contributed by atoms with Crippen LogP contribution in [0.15, 0.2) is 107 Å². The number of hydrogen-bond acceptors (Lipinski definition) is 7. The van der Waals surface area contributed by atoms with Gasteiger partial charge in [-0.2, -0.15) is 0 Å². The van der Waals surface area contributed by atoms with Crippen LogP contribution in [0, 0.1) is 0 Å². The molecule has 40 heavy (non-hydrogen) atoms. The lowest BCUT2D eigenvalue weighted by Gasteiger charge is -2.13. The number of nitrogens with zero attached hydrogens (tertiary/aromatic N) is 1. The van der Waals surface area contributed by atoms with Crippen molar-refractivity contribution in [1.82, 2.24) is 0 Å². The number of nitrogens with two attached hydrogens (primary N) is 1. The van der Waals surface area contributed by atoms with Gasteiger partial charge in [-0.05, 0) is 54.8 Å². The van der Waals surface area contributed by atoms with Gasteiger partial charge in [0.2, 0.25) is 5.91 Å². The molecule has 1 aliphatic heterocycles. The van der Waals surface area contributed by atoms with Crippen LogP contribution in [-0.4, -0.2) is 35.8 Å². The average molecular weight is 553 g/mol. The van der Waals surface area contributed by atoms with E-state index < -0.39 is 11.2 Å². The quantitative estimate of drug-likeness (QED) is 0.251. The molecule has 4 aromatic rings. The number of ether oxygens (including phenoxy) is 2. The average Bonchev–Trinajstić information content (AvgIpc) is 3.30. The van der Waals surface area contributed by atoms with Crippen LogP contribution >= 0.6 is 11.8 Å². The molecule has 0 spiro atoms. The summed E-state index contributed by atoms with van der Waals surface area (Å²) in [5.41, 5.74) is 8.59. The van der Waals surface area contributed by atoms with Crippen molar-refractivity contribution in [1.29, 1.82) is 0 Å². The molecule has 8 nitrogen and oxygen atoms in total. The lowest BCUT2D eigenvalue weighted by atomic mass is 10.1. The van der Waals surface area contributed by atoms with Gasteiger partial charge < -0.3 is 25.8 Å². The van der Waals surface area contributed by atoms with E-state index in [1.165, 1.54) is 0 Å². The fourth-order valence-electron chi connectivity index (χ4n) is 4.32. The Morgan fingerprint density at radius 2 is 1.68 bits per heavy atom. The normalized spacial score (nSPS) is 15.8. The number of fused-ring (bicyclic) bond motifs is 1. The van der Waals surface area contributed by atoms with Gasteiger partial charge in [0.25, 0.3) is 5.91 Å². The number of amides is 2. The molecule has 5 rings (SSSR count). The van der Waals surface area contributed by atoms with Gasteiger partial charge in [-0.1, -0.05) is 54.2 Å². The van der Waals surface area contributed by atoms with Gasteiger partial charge >= 0.3 is 0 Å². The second-order valence-electron chi connectivity index (χ2n) is 8.87. The summed E-state index contributed by atoms with van der Waals surface area (Å²) in [5, 5.41) is 7.25. The van der Waals surface area contributed by atoms with Crippen molar-refractivity contribution in [3.8, 4) is 11.5 Å². The first-order valence-electron chi connectivity index (χ1n) is 12.7. The minimum atomic E-state index is -0.855. The van der Waals surface area contributed by atoms with Gasteiger partial charge in [-0.15, -0.1) is 0 Å². The van der Waals surface area contributed by atoms with E-state index >= 15 is 0 Å². The standard InChI is InChI=1S/C31H28N4O4S/c1-3-39-22-16-14-20(15-17-22)34-31-26(29(36)33-21-10-7-11-23(18-21)38-2)27(32)28(40-31)30(37)35-25-13-6-9-19-8-4-5-12-24(19)25/h4-18,28H,3,32H2,1-2H3,(H,33,36)(H,35,37)/t28-/m0/s1. The molecular weight excluding hydrogens is 524 g/mol. The minimum Gasteiger partial charge on any atom is -0.497 e. The van der Waals surface area contributed by atoms with Crippen LogP contribution in [-0.2, 0) is 9.59 Å². The van der Waals surface area contributed by atoms with E-state index in [1.54, 1.807) is 55.6 Å². The molecule has 0 bridgehead atoms. The van der Waals surface area contributed by atoms with Crippen LogP contribution in [0.3, 0.4) is 0 Å². The third kappa shape index (κ3) is 5.79. The minimum absolute atomic E-state index is 0.132. The van der Waals surface area contributed by atoms with E-state index in [4.69, 9.17) is 20.2 Å². The third-order valence-corrected chi connectivity index (χ3v) is 7.46. The number of anilines is 2. The molecule has 0 aromatic heterocycles. The number of nitrogens with one attached hydrogen (secondary N) is 2. The second kappa shape index (κ2) is 12.0. The first-order valence-corrected chi connectivity index (χ1v) is 13.6. The Labute approximate surface area is 236 Å². The molecule has 9 heteroatoms.